The molecule has 0 fully saturated rings. The molecule has 0 saturated heterocycles. The maximum Gasteiger partial charge on any atom is 0.122 e. The molecule has 7 N–H and O–H groups in total. The molecular formula is C23H33N5O2. The molecule has 0 saturated carbocycles. The molecule has 0 bridgehead atoms. The van der Waals surface area contributed by atoms with Crippen molar-refractivity contribution in [2.45, 2.75) is 32.1 Å². The van der Waals surface area contributed by atoms with E-state index in [0.29, 0.717) is 24.3 Å². The van der Waals surface area contributed by atoms with Crippen LogP contribution in [0, 0.1) is 10.8 Å². The zero-order valence-corrected chi connectivity index (χ0v) is 17.5. The van der Waals surface area contributed by atoms with Crippen molar-refractivity contribution < 1.29 is 9.47 Å². The van der Waals surface area contributed by atoms with Crippen LogP contribution in [0.15, 0.2) is 48.5 Å². The Kier molecular flexibility index (Phi) is 10.2. The van der Waals surface area contributed by atoms with E-state index in [-0.39, 0.29) is 11.7 Å². The molecule has 7 nitrogen and oxygen atoms in total. The molecule has 0 unspecified atom stereocenters. The van der Waals surface area contributed by atoms with Gasteiger partial charge in [0, 0.05) is 11.1 Å². The van der Waals surface area contributed by atoms with E-state index in [0.717, 1.165) is 50.3 Å². The predicted octanol–water partition coefficient (Wildman–Crippen LogP) is 3.25. The van der Waals surface area contributed by atoms with E-state index in [1.165, 1.54) is 6.42 Å². The topological polar surface area (TPSA) is 130 Å². The number of hydrogen-bond donors (Lipinski definition) is 5. The number of nitrogens with two attached hydrogens (primary N) is 2. The summed E-state index contributed by atoms with van der Waals surface area (Å²) in [5.74, 6) is 1.76. The summed E-state index contributed by atoms with van der Waals surface area (Å²) in [6, 6.07) is 14.6. The van der Waals surface area contributed by atoms with Gasteiger partial charge in [-0.25, -0.2) is 0 Å². The van der Waals surface area contributed by atoms with Crippen LogP contribution in [-0.4, -0.2) is 38.0 Å². The fourth-order valence-electron chi connectivity index (χ4n) is 2.87. The summed E-state index contributed by atoms with van der Waals surface area (Å²) in [6.45, 7) is 3.32. The Labute approximate surface area is 178 Å². The van der Waals surface area contributed by atoms with Crippen molar-refractivity contribution in [3.8, 4) is 11.5 Å². The van der Waals surface area contributed by atoms with Gasteiger partial charge < -0.3 is 26.3 Å². The van der Waals surface area contributed by atoms with Gasteiger partial charge >= 0.3 is 0 Å². The number of benzene rings is 2. The molecule has 2 aromatic carbocycles. The van der Waals surface area contributed by atoms with Crippen molar-refractivity contribution in [1.82, 2.24) is 5.32 Å². The Morgan fingerprint density at radius 2 is 1.07 bits per heavy atom. The minimum absolute atomic E-state index is 0.0683. The number of ether oxygens (including phenoxy) is 2. The summed E-state index contributed by atoms with van der Waals surface area (Å²) in [4.78, 5) is 0. The largest absolute Gasteiger partial charge is 0.494 e. The van der Waals surface area contributed by atoms with Crippen LogP contribution in [0.4, 0.5) is 0 Å². The van der Waals surface area contributed by atoms with Gasteiger partial charge in [0.25, 0.3) is 0 Å². The SMILES string of the molecule is N=C(N)c1ccc(OCCCCCCNCCCOc2ccc(C(=N)N)cc2)cc1. The lowest BCUT2D eigenvalue weighted by Crippen LogP contribution is -2.18. The number of hydrogen-bond acceptors (Lipinski definition) is 5. The molecule has 0 radical (unpaired) electrons. The third-order valence-corrected chi connectivity index (χ3v) is 4.61. The highest BCUT2D eigenvalue weighted by molar-refractivity contribution is 5.95. The van der Waals surface area contributed by atoms with Crippen molar-refractivity contribution in [2.24, 2.45) is 11.5 Å². The van der Waals surface area contributed by atoms with Crippen LogP contribution in [0.1, 0.15) is 43.2 Å². The Morgan fingerprint density at radius 3 is 1.57 bits per heavy atom. The molecule has 2 rings (SSSR count). The summed E-state index contributed by atoms with van der Waals surface area (Å²) in [5, 5.41) is 18.2. The third kappa shape index (κ3) is 8.96. The zero-order chi connectivity index (χ0) is 21.6. The molecule has 30 heavy (non-hydrogen) atoms. The lowest BCUT2D eigenvalue weighted by molar-refractivity contribution is 0.303. The average Bonchev–Trinajstić information content (AvgIpc) is 2.75. The fourth-order valence-corrected chi connectivity index (χ4v) is 2.87. The van der Waals surface area contributed by atoms with Crippen LogP contribution in [0.2, 0.25) is 0 Å². The maximum atomic E-state index is 7.37. The standard InChI is InChI=1S/C23H33N5O2/c24-22(25)18-6-10-20(11-7-18)29-16-4-2-1-3-14-28-15-5-17-30-21-12-8-19(9-13-21)23(26)27/h6-13,28H,1-5,14-17H2,(H3,24,25)(H3,26,27). The molecule has 2 aromatic rings. The molecule has 0 amide bonds. The first kappa shape index (κ1) is 23.2. The van der Waals surface area contributed by atoms with Gasteiger partial charge in [-0.3, -0.25) is 10.8 Å². The predicted molar refractivity (Wildman–Crippen MR) is 122 cm³/mol. The molecule has 0 aliphatic rings. The molecule has 162 valence electrons. The first-order valence-electron chi connectivity index (χ1n) is 10.4. The van der Waals surface area contributed by atoms with E-state index in [4.69, 9.17) is 31.8 Å². The van der Waals surface area contributed by atoms with Gasteiger partial charge in [-0.15, -0.1) is 0 Å². The summed E-state index contributed by atoms with van der Waals surface area (Å²) in [5.41, 5.74) is 12.3. The van der Waals surface area contributed by atoms with Crippen LogP contribution in [0.3, 0.4) is 0 Å². The Morgan fingerprint density at radius 1 is 0.633 bits per heavy atom. The second-order valence-corrected chi connectivity index (χ2v) is 7.09. The van der Waals surface area contributed by atoms with Gasteiger partial charge in [0.15, 0.2) is 0 Å². The van der Waals surface area contributed by atoms with E-state index in [1.54, 1.807) is 24.3 Å². The van der Waals surface area contributed by atoms with Crippen LogP contribution in [-0.2, 0) is 0 Å². The Balaban J connectivity index is 1.39. The number of rotatable bonds is 15. The first-order valence-corrected chi connectivity index (χ1v) is 10.4. The van der Waals surface area contributed by atoms with Crippen LogP contribution in [0.25, 0.3) is 0 Å². The Bertz CT molecular complexity index is 708. The number of nitrogens with one attached hydrogen (secondary N) is 3. The number of nitrogen functional groups attached to an aromatic ring is 2. The smallest absolute Gasteiger partial charge is 0.122 e. The van der Waals surface area contributed by atoms with Gasteiger partial charge in [0.05, 0.1) is 13.2 Å². The normalized spacial score (nSPS) is 10.5. The van der Waals surface area contributed by atoms with Crippen LogP contribution in [0.5, 0.6) is 11.5 Å². The second kappa shape index (κ2) is 13.2. The van der Waals surface area contributed by atoms with Gasteiger partial charge in [-0.2, -0.15) is 0 Å². The quantitative estimate of drug-likeness (QED) is 0.174. The van der Waals surface area contributed by atoms with E-state index in [9.17, 15) is 0 Å². The van der Waals surface area contributed by atoms with Crippen molar-refractivity contribution in [2.75, 3.05) is 26.3 Å². The molecule has 0 spiro atoms. The third-order valence-electron chi connectivity index (χ3n) is 4.61. The van der Waals surface area contributed by atoms with E-state index < -0.39 is 0 Å². The lowest BCUT2D eigenvalue weighted by Gasteiger charge is -2.08. The summed E-state index contributed by atoms with van der Waals surface area (Å²) >= 11 is 0. The molecule has 0 aliphatic heterocycles. The molecule has 0 aromatic heterocycles. The molecule has 7 heteroatoms. The summed E-state index contributed by atoms with van der Waals surface area (Å²) in [7, 11) is 0. The molecule has 0 aliphatic carbocycles. The summed E-state index contributed by atoms with van der Waals surface area (Å²) in [6.07, 6.45) is 5.46. The van der Waals surface area contributed by atoms with Crippen molar-refractivity contribution >= 4 is 11.7 Å². The molecule has 0 atom stereocenters. The van der Waals surface area contributed by atoms with Crippen LogP contribution >= 0.6 is 0 Å². The van der Waals surface area contributed by atoms with Gasteiger partial charge in [-0.1, -0.05) is 12.8 Å². The fraction of sp³-hybridized carbons (Fsp3) is 0.391. The van der Waals surface area contributed by atoms with E-state index in [1.807, 2.05) is 24.3 Å². The average molecular weight is 412 g/mol. The lowest BCUT2D eigenvalue weighted by atomic mass is 10.2. The zero-order valence-electron chi connectivity index (χ0n) is 17.5. The highest BCUT2D eigenvalue weighted by Gasteiger charge is 1.99. The second-order valence-electron chi connectivity index (χ2n) is 7.09. The first-order chi connectivity index (χ1) is 14.6. The highest BCUT2D eigenvalue weighted by Crippen LogP contribution is 2.13. The Hall–Kier alpha value is -3.06. The van der Waals surface area contributed by atoms with E-state index >= 15 is 0 Å². The van der Waals surface area contributed by atoms with E-state index in [2.05, 4.69) is 5.32 Å². The van der Waals surface area contributed by atoms with Crippen molar-refractivity contribution in [1.29, 1.82) is 10.8 Å². The summed E-state index contributed by atoms with van der Waals surface area (Å²) < 4.78 is 11.4. The minimum Gasteiger partial charge on any atom is -0.494 e. The minimum atomic E-state index is 0.0683. The van der Waals surface area contributed by atoms with Gasteiger partial charge in [0.2, 0.25) is 0 Å². The van der Waals surface area contributed by atoms with Gasteiger partial charge in [-0.05, 0) is 80.9 Å². The highest BCUT2D eigenvalue weighted by atomic mass is 16.5. The van der Waals surface area contributed by atoms with Gasteiger partial charge in [0.1, 0.15) is 23.2 Å². The maximum absolute atomic E-state index is 7.37. The van der Waals surface area contributed by atoms with Crippen molar-refractivity contribution in [3.05, 3.63) is 59.7 Å². The van der Waals surface area contributed by atoms with Crippen molar-refractivity contribution in [3.63, 3.8) is 0 Å². The molecule has 0 heterocycles. The van der Waals surface area contributed by atoms with Crippen LogP contribution < -0.4 is 26.3 Å². The number of unbranched alkanes of at least 4 members (excludes halogenated alkanes) is 3. The monoisotopic (exact) mass is 411 g/mol. The number of amidine groups is 2. The molecular weight excluding hydrogens is 378 g/mol.